The molecule has 2 rings (SSSR count). The van der Waals surface area contributed by atoms with Crippen molar-refractivity contribution in [3.05, 3.63) is 46.8 Å². The van der Waals surface area contributed by atoms with Gasteiger partial charge in [0.05, 0.1) is 5.56 Å². The second kappa shape index (κ2) is 3.50. The van der Waals surface area contributed by atoms with Crippen molar-refractivity contribution >= 4 is 11.3 Å². The number of rotatable bonds is 1. The molecule has 0 saturated carbocycles. The topological polar surface area (TPSA) is 0 Å². The van der Waals surface area contributed by atoms with Gasteiger partial charge in [-0.25, -0.2) is 8.78 Å². The summed E-state index contributed by atoms with van der Waals surface area (Å²) in [5.74, 6) is -1.02. The minimum atomic E-state index is -0.508. The Balaban J connectivity index is 2.61. The molecular formula is C11H8F2S. The molecule has 3 heteroatoms. The van der Waals surface area contributed by atoms with Crippen LogP contribution in [0.4, 0.5) is 8.78 Å². The van der Waals surface area contributed by atoms with Crippen LogP contribution < -0.4 is 0 Å². The first-order valence-electron chi connectivity index (χ1n) is 4.19. The fourth-order valence-electron chi connectivity index (χ4n) is 1.30. The lowest BCUT2D eigenvalue weighted by molar-refractivity contribution is 0.590. The summed E-state index contributed by atoms with van der Waals surface area (Å²) in [6, 6.07) is 7.50. The third-order valence-corrected chi connectivity index (χ3v) is 2.97. The van der Waals surface area contributed by atoms with Gasteiger partial charge in [0.2, 0.25) is 0 Å². The van der Waals surface area contributed by atoms with Crippen molar-refractivity contribution in [1.29, 1.82) is 0 Å². The second-order valence-electron chi connectivity index (χ2n) is 3.01. The van der Waals surface area contributed by atoms with E-state index < -0.39 is 11.6 Å². The molecule has 0 unspecified atom stereocenters. The van der Waals surface area contributed by atoms with Gasteiger partial charge in [0, 0.05) is 9.75 Å². The van der Waals surface area contributed by atoms with E-state index in [9.17, 15) is 8.78 Å². The standard InChI is InChI=1S/C11H8F2S/c1-7-5-6-10(14-7)11-8(12)3-2-4-9(11)13/h2-6H,1H3. The molecule has 0 aliphatic rings. The van der Waals surface area contributed by atoms with Crippen LogP contribution in [0.3, 0.4) is 0 Å². The summed E-state index contributed by atoms with van der Waals surface area (Å²) < 4.78 is 26.6. The monoisotopic (exact) mass is 210 g/mol. The van der Waals surface area contributed by atoms with Crippen molar-refractivity contribution in [2.75, 3.05) is 0 Å². The molecule has 72 valence electrons. The summed E-state index contributed by atoms with van der Waals surface area (Å²) in [6.07, 6.45) is 0. The fraction of sp³-hybridized carbons (Fsp3) is 0.0909. The van der Waals surface area contributed by atoms with Crippen molar-refractivity contribution in [3.8, 4) is 10.4 Å². The highest BCUT2D eigenvalue weighted by atomic mass is 32.1. The van der Waals surface area contributed by atoms with Crippen molar-refractivity contribution in [2.24, 2.45) is 0 Å². The number of halogens is 2. The third-order valence-electron chi connectivity index (χ3n) is 1.95. The Hall–Kier alpha value is -1.22. The number of benzene rings is 1. The predicted octanol–water partition coefficient (Wildman–Crippen LogP) is 4.00. The molecule has 0 aliphatic heterocycles. The van der Waals surface area contributed by atoms with Gasteiger partial charge in [0.25, 0.3) is 0 Å². The van der Waals surface area contributed by atoms with E-state index in [0.29, 0.717) is 4.88 Å². The van der Waals surface area contributed by atoms with E-state index in [1.807, 2.05) is 13.0 Å². The quantitative estimate of drug-likeness (QED) is 0.667. The molecule has 0 saturated heterocycles. The maximum atomic E-state index is 13.3. The van der Waals surface area contributed by atoms with E-state index in [1.165, 1.54) is 29.5 Å². The van der Waals surface area contributed by atoms with Crippen LogP contribution in [0.2, 0.25) is 0 Å². The minimum Gasteiger partial charge on any atom is -0.206 e. The highest BCUT2D eigenvalue weighted by molar-refractivity contribution is 7.15. The molecule has 0 radical (unpaired) electrons. The van der Waals surface area contributed by atoms with Gasteiger partial charge in [-0.05, 0) is 31.2 Å². The van der Waals surface area contributed by atoms with Gasteiger partial charge >= 0.3 is 0 Å². The Bertz CT molecular complexity index is 440. The summed E-state index contributed by atoms with van der Waals surface area (Å²) in [7, 11) is 0. The van der Waals surface area contributed by atoms with Gasteiger partial charge in [0.15, 0.2) is 0 Å². The van der Waals surface area contributed by atoms with Crippen LogP contribution in [-0.4, -0.2) is 0 Å². The molecule has 0 spiro atoms. The van der Waals surface area contributed by atoms with Crippen molar-refractivity contribution in [2.45, 2.75) is 6.92 Å². The first-order chi connectivity index (χ1) is 6.68. The third kappa shape index (κ3) is 1.55. The molecule has 0 nitrogen and oxygen atoms in total. The zero-order chi connectivity index (χ0) is 10.1. The molecule has 0 bridgehead atoms. The normalized spacial score (nSPS) is 10.5. The maximum Gasteiger partial charge on any atom is 0.134 e. The van der Waals surface area contributed by atoms with Crippen LogP contribution in [-0.2, 0) is 0 Å². The van der Waals surface area contributed by atoms with E-state index >= 15 is 0 Å². The largest absolute Gasteiger partial charge is 0.206 e. The molecule has 1 aromatic heterocycles. The number of thiophene rings is 1. The highest BCUT2D eigenvalue weighted by Crippen LogP contribution is 2.31. The van der Waals surface area contributed by atoms with E-state index in [0.717, 1.165) is 4.88 Å². The number of aryl methyl sites for hydroxylation is 1. The summed E-state index contributed by atoms with van der Waals surface area (Å²) >= 11 is 1.39. The van der Waals surface area contributed by atoms with E-state index in [4.69, 9.17) is 0 Å². The predicted molar refractivity (Wildman–Crippen MR) is 54.4 cm³/mol. The molecule has 0 N–H and O–H groups in total. The van der Waals surface area contributed by atoms with Crippen LogP contribution in [0.15, 0.2) is 30.3 Å². The van der Waals surface area contributed by atoms with Crippen LogP contribution in [0.1, 0.15) is 4.88 Å². The fourth-order valence-corrected chi connectivity index (χ4v) is 2.22. The summed E-state index contributed by atoms with van der Waals surface area (Å²) in [4.78, 5) is 1.68. The molecule has 0 fully saturated rings. The van der Waals surface area contributed by atoms with Crippen LogP contribution >= 0.6 is 11.3 Å². The highest BCUT2D eigenvalue weighted by Gasteiger charge is 2.11. The summed E-state index contributed by atoms with van der Waals surface area (Å²) in [5, 5.41) is 0. The van der Waals surface area contributed by atoms with Crippen molar-refractivity contribution < 1.29 is 8.78 Å². The van der Waals surface area contributed by atoms with Gasteiger partial charge in [-0.2, -0.15) is 0 Å². The Morgan fingerprint density at radius 3 is 2.14 bits per heavy atom. The van der Waals surface area contributed by atoms with Gasteiger partial charge in [0.1, 0.15) is 11.6 Å². The van der Waals surface area contributed by atoms with Crippen LogP contribution in [0, 0.1) is 18.6 Å². The average molecular weight is 210 g/mol. The summed E-state index contributed by atoms with van der Waals surface area (Å²) in [5.41, 5.74) is 0.0746. The molecule has 1 heterocycles. The zero-order valence-electron chi connectivity index (χ0n) is 7.55. The first kappa shape index (κ1) is 9.34. The van der Waals surface area contributed by atoms with Crippen LogP contribution in [0.5, 0.6) is 0 Å². The van der Waals surface area contributed by atoms with E-state index in [-0.39, 0.29) is 5.56 Å². The Morgan fingerprint density at radius 1 is 1.00 bits per heavy atom. The maximum absolute atomic E-state index is 13.3. The lowest BCUT2D eigenvalue weighted by atomic mass is 10.1. The first-order valence-corrected chi connectivity index (χ1v) is 5.01. The molecule has 0 amide bonds. The van der Waals surface area contributed by atoms with E-state index in [1.54, 1.807) is 6.07 Å². The lowest BCUT2D eigenvalue weighted by Gasteiger charge is -2.00. The zero-order valence-corrected chi connectivity index (χ0v) is 8.37. The van der Waals surface area contributed by atoms with Crippen molar-refractivity contribution in [1.82, 2.24) is 0 Å². The van der Waals surface area contributed by atoms with Gasteiger partial charge in [-0.1, -0.05) is 6.07 Å². The van der Waals surface area contributed by atoms with Gasteiger partial charge in [-0.3, -0.25) is 0 Å². The molecule has 1 aromatic carbocycles. The number of hydrogen-bond acceptors (Lipinski definition) is 1. The Labute approximate surface area is 84.8 Å². The average Bonchev–Trinajstić information content (AvgIpc) is 2.51. The smallest absolute Gasteiger partial charge is 0.134 e. The Morgan fingerprint density at radius 2 is 1.64 bits per heavy atom. The lowest BCUT2D eigenvalue weighted by Crippen LogP contribution is -1.86. The molecular weight excluding hydrogens is 202 g/mol. The van der Waals surface area contributed by atoms with Gasteiger partial charge < -0.3 is 0 Å². The van der Waals surface area contributed by atoms with E-state index in [2.05, 4.69) is 0 Å². The molecule has 2 aromatic rings. The number of hydrogen-bond donors (Lipinski definition) is 0. The van der Waals surface area contributed by atoms with Crippen LogP contribution in [0.25, 0.3) is 10.4 Å². The Kier molecular flexibility index (Phi) is 2.33. The summed E-state index contributed by atoms with van der Waals surface area (Å²) in [6.45, 7) is 1.91. The molecule has 0 aliphatic carbocycles. The SMILES string of the molecule is Cc1ccc(-c2c(F)cccc2F)s1. The van der Waals surface area contributed by atoms with Crippen molar-refractivity contribution in [3.63, 3.8) is 0 Å². The molecule has 0 atom stereocenters. The molecule has 14 heavy (non-hydrogen) atoms. The van der Waals surface area contributed by atoms with Gasteiger partial charge in [-0.15, -0.1) is 11.3 Å². The second-order valence-corrected chi connectivity index (χ2v) is 4.29. The minimum absolute atomic E-state index is 0.0746.